The summed E-state index contributed by atoms with van der Waals surface area (Å²) in [5.41, 5.74) is 2.86. The fraction of sp³-hybridized carbons (Fsp3) is 0.261. The molecule has 0 saturated carbocycles. The van der Waals surface area contributed by atoms with Crippen molar-refractivity contribution in [3.63, 3.8) is 0 Å². The van der Waals surface area contributed by atoms with Crippen molar-refractivity contribution in [2.24, 2.45) is 12.2 Å². The van der Waals surface area contributed by atoms with Crippen LogP contribution in [0.1, 0.15) is 40.2 Å². The minimum absolute atomic E-state index is 0.102. The van der Waals surface area contributed by atoms with Gasteiger partial charge in [0, 0.05) is 24.2 Å². The second kappa shape index (κ2) is 9.28. The van der Waals surface area contributed by atoms with Gasteiger partial charge in [-0.15, -0.1) is 0 Å². The summed E-state index contributed by atoms with van der Waals surface area (Å²) in [6, 6.07) is 20.1. The average Bonchev–Trinajstić information content (AvgIpc) is 3.08. The first-order valence-corrected chi connectivity index (χ1v) is 11.5. The van der Waals surface area contributed by atoms with Gasteiger partial charge in [0.25, 0.3) is 0 Å². The third-order valence-corrected chi connectivity index (χ3v) is 5.91. The molecule has 0 amide bonds. The summed E-state index contributed by atoms with van der Waals surface area (Å²) >= 11 is 0. The Bertz CT molecular complexity index is 1100. The van der Waals surface area contributed by atoms with E-state index in [0.29, 0.717) is 24.3 Å². The number of carbonyl (C=O) groups excluding carboxylic acids is 1. The first-order valence-electron chi connectivity index (χ1n) is 9.76. The van der Waals surface area contributed by atoms with E-state index in [1.807, 2.05) is 54.9 Å². The first-order chi connectivity index (χ1) is 14.3. The van der Waals surface area contributed by atoms with E-state index in [2.05, 4.69) is 0 Å². The van der Waals surface area contributed by atoms with Gasteiger partial charge in [0.2, 0.25) is 15.8 Å². The molecule has 6 nitrogen and oxygen atoms in total. The number of nitrogens with two attached hydrogens (primary N) is 1. The van der Waals surface area contributed by atoms with E-state index in [0.717, 1.165) is 17.0 Å². The maximum atomic E-state index is 13.0. The number of rotatable bonds is 9. The van der Waals surface area contributed by atoms with Crippen LogP contribution in [0, 0.1) is 0 Å². The number of hydrogen-bond donors (Lipinski definition) is 1. The minimum Gasteiger partial charge on any atom is -0.494 e. The number of benzene rings is 2. The molecule has 2 aromatic carbocycles. The van der Waals surface area contributed by atoms with Crippen molar-refractivity contribution in [3.8, 4) is 5.75 Å². The van der Waals surface area contributed by atoms with Crippen LogP contribution < -0.4 is 9.88 Å². The molecule has 1 unspecified atom stereocenters. The highest BCUT2D eigenvalue weighted by Gasteiger charge is 2.22. The zero-order valence-corrected chi connectivity index (χ0v) is 17.9. The molecular formula is C23H26N2O4S. The average molecular weight is 427 g/mol. The third-order valence-electron chi connectivity index (χ3n) is 5.05. The van der Waals surface area contributed by atoms with Crippen molar-refractivity contribution in [3.05, 3.63) is 89.2 Å². The van der Waals surface area contributed by atoms with E-state index in [9.17, 15) is 13.2 Å². The molecular weight excluding hydrogens is 400 g/mol. The molecule has 2 N–H and O–H groups in total. The summed E-state index contributed by atoms with van der Waals surface area (Å²) in [5, 5.41) is 5.33. The largest absolute Gasteiger partial charge is 0.494 e. The number of aromatic nitrogens is 1. The van der Waals surface area contributed by atoms with Crippen molar-refractivity contribution < 1.29 is 17.9 Å². The van der Waals surface area contributed by atoms with Crippen LogP contribution in [0.25, 0.3) is 0 Å². The Hall–Kier alpha value is -2.90. The molecule has 158 valence electrons. The lowest BCUT2D eigenvalue weighted by atomic mass is 9.96. The van der Waals surface area contributed by atoms with Crippen LogP contribution in [0.3, 0.4) is 0 Å². The second-order valence-electron chi connectivity index (χ2n) is 7.20. The molecule has 3 aromatic rings. The number of sulfonamides is 1. The molecule has 0 bridgehead atoms. The lowest BCUT2D eigenvalue weighted by Crippen LogP contribution is -2.24. The minimum atomic E-state index is -3.65. The van der Waals surface area contributed by atoms with Crippen LogP contribution in [-0.2, 0) is 23.5 Å². The van der Waals surface area contributed by atoms with Gasteiger partial charge in [0.1, 0.15) is 5.75 Å². The van der Waals surface area contributed by atoms with Crippen molar-refractivity contribution in [1.29, 1.82) is 0 Å². The zero-order valence-electron chi connectivity index (χ0n) is 17.1. The maximum absolute atomic E-state index is 13.0. The Morgan fingerprint density at radius 2 is 1.70 bits per heavy atom. The number of primary sulfonamides is 1. The molecule has 7 heteroatoms. The standard InChI is InChI=1S/C23H26N2O4S/c1-3-29-21-12-9-18(10-13-21)23(26)22-14-11-20(25(22)2)15-19(16-30(24,27)28)17-7-5-4-6-8-17/h4-14,19H,3,15-16H2,1-2H3,(H2,24,27,28). The van der Waals surface area contributed by atoms with Crippen molar-refractivity contribution in [1.82, 2.24) is 4.57 Å². The first kappa shape index (κ1) is 21.8. The maximum Gasteiger partial charge on any atom is 0.209 e. The van der Waals surface area contributed by atoms with Crippen LogP contribution in [0.4, 0.5) is 0 Å². The Morgan fingerprint density at radius 1 is 1.03 bits per heavy atom. The lowest BCUT2D eigenvalue weighted by Gasteiger charge is -2.17. The molecule has 1 heterocycles. The highest BCUT2D eigenvalue weighted by molar-refractivity contribution is 7.89. The Kier molecular flexibility index (Phi) is 6.74. The Morgan fingerprint density at radius 3 is 2.30 bits per heavy atom. The summed E-state index contributed by atoms with van der Waals surface area (Å²) in [7, 11) is -1.84. The zero-order chi connectivity index (χ0) is 21.7. The quantitative estimate of drug-likeness (QED) is 0.532. The van der Waals surface area contributed by atoms with Gasteiger partial charge < -0.3 is 9.30 Å². The number of ether oxygens (including phenoxy) is 1. The number of nitrogens with zero attached hydrogens (tertiary/aromatic N) is 1. The van der Waals surface area contributed by atoms with Crippen LogP contribution in [0.2, 0.25) is 0 Å². The van der Waals surface area contributed by atoms with Crippen LogP contribution >= 0.6 is 0 Å². The van der Waals surface area contributed by atoms with Gasteiger partial charge in [-0.1, -0.05) is 30.3 Å². The smallest absolute Gasteiger partial charge is 0.209 e. The highest BCUT2D eigenvalue weighted by atomic mass is 32.2. The van der Waals surface area contributed by atoms with E-state index in [1.54, 1.807) is 30.3 Å². The van der Waals surface area contributed by atoms with Gasteiger partial charge in [-0.2, -0.15) is 0 Å². The summed E-state index contributed by atoms with van der Waals surface area (Å²) in [6.45, 7) is 2.47. The van der Waals surface area contributed by atoms with Gasteiger partial charge in [0.15, 0.2) is 0 Å². The molecule has 0 aliphatic rings. The highest BCUT2D eigenvalue weighted by Crippen LogP contribution is 2.24. The number of carbonyl (C=O) groups is 1. The normalized spacial score (nSPS) is 12.5. The van der Waals surface area contributed by atoms with Crippen molar-refractivity contribution in [2.75, 3.05) is 12.4 Å². The molecule has 0 aliphatic carbocycles. The van der Waals surface area contributed by atoms with E-state index >= 15 is 0 Å². The molecule has 0 spiro atoms. The molecule has 0 radical (unpaired) electrons. The lowest BCUT2D eigenvalue weighted by molar-refractivity contribution is 0.103. The summed E-state index contributed by atoms with van der Waals surface area (Å²) in [4.78, 5) is 13.0. The van der Waals surface area contributed by atoms with Gasteiger partial charge in [-0.3, -0.25) is 4.79 Å². The third kappa shape index (κ3) is 5.37. The molecule has 1 aromatic heterocycles. The van der Waals surface area contributed by atoms with Gasteiger partial charge in [-0.05, 0) is 55.3 Å². The Balaban J connectivity index is 1.84. The van der Waals surface area contributed by atoms with Gasteiger partial charge in [0.05, 0.1) is 18.1 Å². The topological polar surface area (TPSA) is 91.4 Å². The summed E-state index contributed by atoms with van der Waals surface area (Å²) in [5.74, 6) is 0.151. The van der Waals surface area contributed by atoms with Crippen molar-refractivity contribution >= 4 is 15.8 Å². The van der Waals surface area contributed by atoms with Gasteiger partial charge >= 0.3 is 0 Å². The molecule has 0 aliphatic heterocycles. The molecule has 30 heavy (non-hydrogen) atoms. The second-order valence-corrected chi connectivity index (χ2v) is 8.86. The predicted molar refractivity (Wildman–Crippen MR) is 117 cm³/mol. The molecule has 3 rings (SSSR count). The van der Waals surface area contributed by atoms with Gasteiger partial charge in [-0.25, -0.2) is 13.6 Å². The fourth-order valence-corrected chi connectivity index (χ4v) is 4.41. The monoisotopic (exact) mass is 426 g/mol. The van der Waals surface area contributed by atoms with Crippen LogP contribution in [-0.4, -0.2) is 31.1 Å². The Labute approximate surface area is 177 Å². The number of ketones is 1. The molecule has 0 fully saturated rings. The summed E-state index contributed by atoms with van der Waals surface area (Å²) in [6.07, 6.45) is 0.452. The van der Waals surface area contributed by atoms with E-state index in [-0.39, 0.29) is 17.5 Å². The van der Waals surface area contributed by atoms with E-state index in [1.165, 1.54) is 0 Å². The SMILES string of the molecule is CCOc1ccc(C(=O)c2ccc(CC(CS(N)(=O)=O)c3ccccc3)n2C)cc1. The fourth-order valence-electron chi connectivity index (χ4n) is 3.53. The molecule has 0 saturated heterocycles. The van der Waals surface area contributed by atoms with Crippen molar-refractivity contribution in [2.45, 2.75) is 19.3 Å². The van der Waals surface area contributed by atoms with E-state index < -0.39 is 10.0 Å². The predicted octanol–water partition coefficient (Wildman–Crippen LogP) is 3.27. The number of hydrogen-bond acceptors (Lipinski definition) is 4. The van der Waals surface area contributed by atoms with Crippen LogP contribution in [0.5, 0.6) is 5.75 Å². The van der Waals surface area contributed by atoms with E-state index in [4.69, 9.17) is 9.88 Å². The van der Waals surface area contributed by atoms with Crippen LogP contribution in [0.15, 0.2) is 66.7 Å². The molecule has 1 atom stereocenters. The summed E-state index contributed by atoms with van der Waals surface area (Å²) < 4.78 is 30.8.